The average molecular weight is 351 g/mol. The molecule has 0 saturated heterocycles. The molecule has 4 heterocycles. The van der Waals surface area contributed by atoms with Crippen molar-refractivity contribution in [1.29, 1.82) is 0 Å². The summed E-state index contributed by atoms with van der Waals surface area (Å²) in [5.74, 6) is 2.48. The van der Waals surface area contributed by atoms with Crippen LogP contribution in [0.2, 0.25) is 0 Å². The van der Waals surface area contributed by atoms with Crippen molar-refractivity contribution in [3.63, 3.8) is 0 Å². The number of hydrogen-bond donors (Lipinski definition) is 0. The molecule has 0 saturated carbocycles. The number of thioether (sulfide) groups is 1. The highest BCUT2D eigenvalue weighted by Gasteiger charge is 2.25. The largest absolute Gasteiger partial charge is 0.454 e. The number of hydrogen-bond acceptors (Lipinski definition) is 5. The molecule has 2 aliphatic rings. The van der Waals surface area contributed by atoms with Crippen LogP contribution in [0.5, 0.6) is 11.5 Å². The lowest BCUT2D eigenvalue weighted by Gasteiger charge is -2.22. The molecule has 126 valence electrons. The van der Waals surface area contributed by atoms with Gasteiger partial charge in [-0.25, -0.2) is 4.98 Å². The molecular weight excluding hydrogens is 334 g/mol. The van der Waals surface area contributed by atoms with Gasteiger partial charge in [0, 0.05) is 18.0 Å². The summed E-state index contributed by atoms with van der Waals surface area (Å²) in [4.78, 5) is 7.04. The number of nitrogens with zero attached hydrogens (tertiary/aromatic N) is 3. The maximum Gasteiger partial charge on any atom is 0.231 e. The SMILES string of the molecule is Cc1ccn2c(C3=CSCN3c3ccc4c(c3)OCO4)c(C)nc2c1. The van der Waals surface area contributed by atoms with Crippen LogP contribution in [-0.4, -0.2) is 22.1 Å². The Morgan fingerprint density at radius 2 is 1.96 bits per heavy atom. The zero-order valence-corrected chi connectivity index (χ0v) is 14.8. The minimum atomic E-state index is 0.294. The van der Waals surface area contributed by atoms with Crippen LogP contribution in [0.15, 0.2) is 41.9 Å². The molecule has 0 unspecified atom stereocenters. The van der Waals surface area contributed by atoms with Crippen LogP contribution >= 0.6 is 11.8 Å². The number of rotatable bonds is 2. The van der Waals surface area contributed by atoms with Gasteiger partial charge in [0.1, 0.15) is 5.65 Å². The van der Waals surface area contributed by atoms with E-state index in [9.17, 15) is 0 Å². The summed E-state index contributed by atoms with van der Waals surface area (Å²) in [6.45, 7) is 4.45. The summed E-state index contributed by atoms with van der Waals surface area (Å²) in [6.07, 6.45) is 2.10. The van der Waals surface area contributed by atoms with Gasteiger partial charge in [-0.05, 0) is 49.1 Å². The second-order valence-electron chi connectivity index (χ2n) is 6.24. The maximum absolute atomic E-state index is 5.54. The first-order valence-electron chi connectivity index (χ1n) is 8.15. The van der Waals surface area contributed by atoms with Gasteiger partial charge in [0.25, 0.3) is 0 Å². The van der Waals surface area contributed by atoms with Crippen molar-refractivity contribution in [2.75, 3.05) is 17.6 Å². The van der Waals surface area contributed by atoms with E-state index >= 15 is 0 Å². The Kier molecular flexibility index (Phi) is 3.21. The van der Waals surface area contributed by atoms with Gasteiger partial charge in [0.15, 0.2) is 11.5 Å². The second-order valence-corrected chi connectivity index (χ2v) is 7.07. The lowest BCUT2D eigenvalue weighted by Crippen LogP contribution is -2.18. The Bertz CT molecular complexity index is 1020. The topological polar surface area (TPSA) is 39.0 Å². The van der Waals surface area contributed by atoms with Crippen LogP contribution in [0.1, 0.15) is 17.0 Å². The number of aryl methyl sites for hydroxylation is 2. The molecule has 0 amide bonds. The first-order valence-corrected chi connectivity index (χ1v) is 9.20. The summed E-state index contributed by atoms with van der Waals surface area (Å²) < 4.78 is 13.1. The fourth-order valence-corrected chi connectivity index (χ4v) is 4.26. The van der Waals surface area contributed by atoms with Crippen LogP contribution in [0.3, 0.4) is 0 Å². The van der Waals surface area contributed by atoms with E-state index in [0.717, 1.165) is 45.8 Å². The normalized spacial score (nSPS) is 15.9. The van der Waals surface area contributed by atoms with Crippen molar-refractivity contribution in [1.82, 2.24) is 9.38 Å². The Morgan fingerprint density at radius 1 is 1.08 bits per heavy atom. The van der Waals surface area contributed by atoms with Crippen LogP contribution in [0.25, 0.3) is 11.3 Å². The molecule has 0 N–H and O–H groups in total. The number of fused-ring (bicyclic) bond motifs is 2. The first-order chi connectivity index (χ1) is 12.2. The Morgan fingerprint density at radius 3 is 2.88 bits per heavy atom. The van der Waals surface area contributed by atoms with E-state index in [2.05, 4.69) is 53.0 Å². The average Bonchev–Trinajstić information content (AvgIpc) is 3.30. The minimum Gasteiger partial charge on any atom is -0.454 e. The molecule has 2 aliphatic heterocycles. The third-order valence-corrected chi connectivity index (χ3v) is 5.35. The van der Waals surface area contributed by atoms with Gasteiger partial charge < -0.3 is 14.4 Å². The van der Waals surface area contributed by atoms with E-state index in [1.165, 1.54) is 5.56 Å². The number of pyridine rings is 1. The third-order valence-electron chi connectivity index (χ3n) is 4.56. The standard InChI is InChI=1S/C19H17N3O2S/c1-12-5-6-21-18(7-12)20-13(2)19(21)15-9-25-10-22(15)14-3-4-16-17(8-14)24-11-23-16/h3-9H,10-11H2,1-2H3. The molecule has 0 spiro atoms. The zero-order chi connectivity index (χ0) is 17.0. The van der Waals surface area contributed by atoms with Gasteiger partial charge in [0.05, 0.1) is 23.0 Å². The molecule has 0 fully saturated rings. The number of anilines is 1. The highest BCUT2D eigenvalue weighted by atomic mass is 32.2. The molecule has 0 bridgehead atoms. The number of ether oxygens (including phenoxy) is 2. The second kappa shape index (κ2) is 5.46. The van der Waals surface area contributed by atoms with Crippen LogP contribution in [-0.2, 0) is 0 Å². The zero-order valence-electron chi connectivity index (χ0n) is 14.0. The Balaban J connectivity index is 1.61. The molecule has 5 nitrogen and oxygen atoms in total. The fourth-order valence-electron chi connectivity index (χ4n) is 3.35. The van der Waals surface area contributed by atoms with Crippen LogP contribution in [0.4, 0.5) is 5.69 Å². The van der Waals surface area contributed by atoms with Crippen molar-refractivity contribution in [2.45, 2.75) is 13.8 Å². The van der Waals surface area contributed by atoms with Gasteiger partial charge >= 0.3 is 0 Å². The summed E-state index contributed by atoms with van der Waals surface area (Å²) in [6, 6.07) is 10.3. The molecule has 0 aliphatic carbocycles. The summed E-state index contributed by atoms with van der Waals surface area (Å²) in [5, 5.41) is 2.21. The van der Waals surface area contributed by atoms with E-state index in [4.69, 9.17) is 14.5 Å². The predicted octanol–water partition coefficient (Wildman–Crippen LogP) is 4.19. The molecule has 0 atom stereocenters. The Hall–Kier alpha value is -2.60. The molecule has 5 rings (SSSR count). The van der Waals surface area contributed by atoms with E-state index < -0.39 is 0 Å². The van der Waals surface area contributed by atoms with E-state index in [-0.39, 0.29) is 0 Å². The van der Waals surface area contributed by atoms with Crippen molar-refractivity contribution < 1.29 is 9.47 Å². The van der Waals surface area contributed by atoms with Gasteiger partial charge in [0.2, 0.25) is 6.79 Å². The smallest absolute Gasteiger partial charge is 0.231 e. The van der Waals surface area contributed by atoms with Crippen molar-refractivity contribution in [2.24, 2.45) is 0 Å². The maximum atomic E-state index is 5.54. The first kappa shape index (κ1) is 14.7. The third kappa shape index (κ3) is 2.28. The van der Waals surface area contributed by atoms with Gasteiger partial charge in [-0.1, -0.05) is 0 Å². The van der Waals surface area contributed by atoms with E-state index in [1.54, 1.807) is 11.8 Å². The molecule has 6 heteroatoms. The highest BCUT2D eigenvalue weighted by molar-refractivity contribution is 8.02. The quantitative estimate of drug-likeness (QED) is 0.692. The monoisotopic (exact) mass is 351 g/mol. The highest BCUT2D eigenvalue weighted by Crippen LogP contribution is 2.41. The number of benzene rings is 1. The van der Waals surface area contributed by atoms with Crippen molar-refractivity contribution in [3.05, 3.63) is 58.9 Å². The molecule has 0 radical (unpaired) electrons. The Labute approximate surface area is 149 Å². The van der Waals surface area contributed by atoms with Crippen LogP contribution in [0, 0.1) is 13.8 Å². The van der Waals surface area contributed by atoms with Gasteiger partial charge in [-0.15, -0.1) is 11.8 Å². The lowest BCUT2D eigenvalue weighted by atomic mass is 10.2. The summed E-state index contributed by atoms with van der Waals surface area (Å²) in [7, 11) is 0. The van der Waals surface area contributed by atoms with Crippen molar-refractivity contribution >= 4 is 28.8 Å². The predicted molar refractivity (Wildman–Crippen MR) is 100 cm³/mol. The summed E-state index contributed by atoms with van der Waals surface area (Å²) >= 11 is 1.79. The van der Waals surface area contributed by atoms with Gasteiger partial charge in [-0.3, -0.25) is 4.40 Å². The minimum absolute atomic E-state index is 0.294. The molecule has 1 aromatic carbocycles. The van der Waals surface area contributed by atoms with Crippen molar-refractivity contribution in [3.8, 4) is 11.5 Å². The fraction of sp³-hybridized carbons (Fsp3) is 0.211. The number of aromatic nitrogens is 2. The summed E-state index contributed by atoms with van der Waals surface area (Å²) in [5.41, 5.74) is 6.63. The van der Waals surface area contributed by atoms with E-state index in [1.807, 2.05) is 12.1 Å². The van der Waals surface area contributed by atoms with E-state index in [0.29, 0.717) is 6.79 Å². The molecular formula is C19H17N3O2S. The molecule has 3 aromatic rings. The number of imidazole rings is 1. The van der Waals surface area contributed by atoms with Crippen LogP contribution < -0.4 is 14.4 Å². The lowest BCUT2D eigenvalue weighted by molar-refractivity contribution is 0.174. The molecule has 25 heavy (non-hydrogen) atoms. The molecule has 2 aromatic heterocycles. The van der Waals surface area contributed by atoms with Gasteiger partial charge in [-0.2, -0.15) is 0 Å².